The molecule has 0 saturated heterocycles. The summed E-state index contributed by atoms with van der Waals surface area (Å²) in [5, 5.41) is 2.88. The Morgan fingerprint density at radius 1 is 1.36 bits per heavy atom. The van der Waals surface area contributed by atoms with Crippen molar-refractivity contribution in [2.24, 2.45) is 5.73 Å². The van der Waals surface area contributed by atoms with Crippen LogP contribution >= 0.6 is 23.7 Å². The second-order valence-electron chi connectivity index (χ2n) is 2.96. The first-order valence-corrected chi connectivity index (χ1v) is 5.05. The van der Waals surface area contributed by atoms with E-state index in [4.69, 9.17) is 5.73 Å². The minimum atomic E-state index is -0.129. The summed E-state index contributed by atoms with van der Waals surface area (Å²) < 4.78 is 14.1. The molecule has 1 aromatic heterocycles. The second-order valence-corrected chi connectivity index (χ2v) is 3.87. The van der Waals surface area contributed by atoms with Crippen molar-refractivity contribution in [3.8, 4) is 0 Å². The molecule has 1 nitrogen and oxygen atoms in total. The molecular weight excluding hydrogens is 221 g/mol. The van der Waals surface area contributed by atoms with Gasteiger partial charge in [0.05, 0.1) is 4.70 Å². The van der Waals surface area contributed by atoms with Crippen molar-refractivity contribution in [1.29, 1.82) is 0 Å². The van der Waals surface area contributed by atoms with Crippen molar-refractivity contribution in [3.05, 3.63) is 35.0 Å². The maximum atomic E-state index is 13.4. The fourth-order valence-corrected chi connectivity index (χ4v) is 2.19. The standard InChI is InChI=1S/C10H10FNS.ClH/c11-9-6-7(1-3-12)5-8-2-4-13-10(8)9;/h2,4-6H,1,3,12H2;1H. The maximum absolute atomic E-state index is 13.4. The van der Waals surface area contributed by atoms with Gasteiger partial charge in [-0.05, 0) is 41.4 Å². The number of fused-ring (bicyclic) bond motifs is 1. The molecule has 2 N–H and O–H groups in total. The maximum Gasteiger partial charge on any atom is 0.141 e. The average Bonchev–Trinajstić information content (AvgIpc) is 2.53. The van der Waals surface area contributed by atoms with Crippen LogP contribution in [0.2, 0.25) is 0 Å². The topological polar surface area (TPSA) is 26.0 Å². The monoisotopic (exact) mass is 231 g/mol. The van der Waals surface area contributed by atoms with E-state index in [0.29, 0.717) is 6.54 Å². The van der Waals surface area contributed by atoms with E-state index >= 15 is 0 Å². The van der Waals surface area contributed by atoms with Gasteiger partial charge in [-0.15, -0.1) is 23.7 Å². The van der Waals surface area contributed by atoms with Gasteiger partial charge < -0.3 is 5.73 Å². The first kappa shape index (κ1) is 11.4. The SMILES string of the molecule is Cl.NCCc1cc(F)c2sccc2c1. The molecular formula is C10H11ClFNS. The van der Waals surface area contributed by atoms with Crippen LogP contribution in [0.5, 0.6) is 0 Å². The fraction of sp³-hybridized carbons (Fsp3) is 0.200. The molecule has 76 valence electrons. The third-order valence-corrected chi connectivity index (χ3v) is 2.94. The van der Waals surface area contributed by atoms with E-state index in [1.165, 1.54) is 11.3 Å². The highest BCUT2D eigenvalue weighted by atomic mass is 35.5. The summed E-state index contributed by atoms with van der Waals surface area (Å²) in [4.78, 5) is 0. The van der Waals surface area contributed by atoms with Crippen LogP contribution in [0.15, 0.2) is 23.6 Å². The van der Waals surface area contributed by atoms with Gasteiger partial charge in [0.1, 0.15) is 5.82 Å². The van der Waals surface area contributed by atoms with Crippen LogP contribution in [0.1, 0.15) is 5.56 Å². The van der Waals surface area contributed by atoms with E-state index in [-0.39, 0.29) is 18.2 Å². The summed E-state index contributed by atoms with van der Waals surface area (Å²) in [5.41, 5.74) is 6.39. The Hall–Kier alpha value is -0.640. The van der Waals surface area contributed by atoms with Crippen molar-refractivity contribution in [3.63, 3.8) is 0 Å². The molecule has 4 heteroatoms. The highest BCUT2D eigenvalue weighted by molar-refractivity contribution is 7.17. The molecule has 0 spiro atoms. The number of hydrogen-bond acceptors (Lipinski definition) is 2. The van der Waals surface area contributed by atoms with Crippen molar-refractivity contribution in [2.75, 3.05) is 6.54 Å². The van der Waals surface area contributed by atoms with Crippen molar-refractivity contribution in [2.45, 2.75) is 6.42 Å². The largest absolute Gasteiger partial charge is 0.330 e. The summed E-state index contributed by atoms with van der Waals surface area (Å²) >= 11 is 1.43. The molecule has 0 aliphatic carbocycles. The van der Waals surface area contributed by atoms with Crippen molar-refractivity contribution in [1.82, 2.24) is 0 Å². The quantitative estimate of drug-likeness (QED) is 0.845. The lowest BCUT2D eigenvalue weighted by atomic mass is 10.1. The molecule has 0 aliphatic heterocycles. The Morgan fingerprint density at radius 3 is 2.86 bits per heavy atom. The number of nitrogens with two attached hydrogens (primary N) is 1. The van der Waals surface area contributed by atoms with Gasteiger partial charge in [0, 0.05) is 0 Å². The normalized spacial score (nSPS) is 10.1. The third-order valence-electron chi connectivity index (χ3n) is 2.00. The molecule has 2 aromatic rings. The van der Waals surface area contributed by atoms with Crippen LogP contribution < -0.4 is 5.73 Å². The molecule has 0 fully saturated rings. The van der Waals surface area contributed by atoms with E-state index in [9.17, 15) is 4.39 Å². The average molecular weight is 232 g/mol. The Bertz CT molecular complexity index is 427. The van der Waals surface area contributed by atoms with Gasteiger partial charge in [-0.1, -0.05) is 6.07 Å². The highest BCUT2D eigenvalue weighted by Crippen LogP contribution is 2.25. The smallest absolute Gasteiger partial charge is 0.141 e. The summed E-state index contributed by atoms with van der Waals surface area (Å²) in [6, 6.07) is 5.51. The Kier molecular flexibility index (Phi) is 3.86. The van der Waals surface area contributed by atoms with Gasteiger partial charge in [-0.2, -0.15) is 0 Å². The summed E-state index contributed by atoms with van der Waals surface area (Å²) in [5.74, 6) is -0.129. The summed E-state index contributed by atoms with van der Waals surface area (Å²) in [6.45, 7) is 0.565. The van der Waals surface area contributed by atoms with Gasteiger partial charge in [-0.25, -0.2) is 4.39 Å². The van der Waals surface area contributed by atoms with Crippen LogP contribution in [0, 0.1) is 5.82 Å². The lowest BCUT2D eigenvalue weighted by Gasteiger charge is -1.99. The minimum absolute atomic E-state index is 0. The number of rotatable bonds is 2. The lowest BCUT2D eigenvalue weighted by molar-refractivity contribution is 0.639. The lowest BCUT2D eigenvalue weighted by Crippen LogP contribution is -2.02. The molecule has 1 aromatic carbocycles. The Labute approximate surface area is 92.1 Å². The van der Waals surface area contributed by atoms with Crippen molar-refractivity contribution < 1.29 is 4.39 Å². The Morgan fingerprint density at radius 2 is 2.14 bits per heavy atom. The van der Waals surface area contributed by atoms with E-state index in [0.717, 1.165) is 22.1 Å². The highest BCUT2D eigenvalue weighted by Gasteiger charge is 2.03. The van der Waals surface area contributed by atoms with E-state index in [2.05, 4.69) is 0 Å². The zero-order chi connectivity index (χ0) is 9.26. The van der Waals surface area contributed by atoms with Crippen LogP contribution in [0.25, 0.3) is 10.1 Å². The van der Waals surface area contributed by atoms with Gasteiger partial charge in [0.2, 0.25) is 0 Å². The molecule has 0 saturated carbocycles. The zero-order valence-corrected chi connectivity index (χ0v) is 9.13. The summed E-state index contributed by atoms with van der Waals surface area (Å²) in [6.07, 6.45) is 0.739. The molecule has 0 bridgehead atoms. The van der Waals surface area contributed by atoms with E-state index in [1.54, 1.807) is 6.07 Å². The number of halogens is 2. The first-order chi connectivity index (χ1) is 6.31. The van der Waals surface area contributed by atoms with Gasteiger partial charge in [-0.3, -0.25) is 0 Å². The second kappa shape index (κ2) is 4.73. The Balaban J connectivity index is 0.000000980. The molecule has 2 rings (SSSR count). The number of hydrogen-bond donors (Lipinski definition) is 1. The third kappa shape index (κ3) is 2.05. The van der Waals surface area contributed by atoms with Crippen LogP contribution in [0.3, 0.4) is 0 Å². The van der Waals surface area contributed by atoms with Crippen LogP contribution in [0.4, 0.5) is 4.39 Å². The summed E-state index contributed by atoms with van der Waals surface area (Å²) in [7, 11) is 0. The number of thiophene rings is 1. The fourth-order valence-electron chi connectivity index (χ4n) is 1.41. The van der Waals surface area contributed by atoms with Crippen LogP contribution in [-0.2, 0) is 6.42 Å². The van der Waals surface area contributed by atoms with Crippen molar-refractivity contribution >= 4 is 33.8 Å². The van der Waals surface area contributed by atoms with Gasteiger partial charge >= 0.3 is 0 Å². The number of benzene rings is 1. The molecule has 0 aliphatic rings. The van der Waals surface area contributed by atoms with Gasteiger partial charge in [0.15, 0.2) is 0 Å². The molecule has 0 atom stereocenters. The van der Waals surface area contributed by atoms with E-state index < -0.39 is 0 Å². The van der Waals surface area contributed by atoms with Crippen LogP contribution in [-0.4, -0.2) is 6.54 Å². The first-order valence-electron chi connectivity index (χ1n) is 4.17. The molecule has 0 unspecified atom stereocenters. The molecule has 14 heavy (non-hydrogen) atoms. The predicted molar refractivity (Wildman–Crippen MR) is 61.8 cm³/mol. The van der Waals surface area contributed by atoms with E-state index in [1.807, 2.05) is 17.5 Å². The van der Waals surface area contributed by atoms with Gasteiger partial charge in [0.25, 0.3) is 0 Å². The molecule has 1 heterocycles. The zero-order valence-electron chi connectivity index (χ0n) is 7.50. The molecule has 0 amide bonds. The minimum Gasteiger partial charge on any atom is -0.330 e. The molecule has 0 radical (unpaired) electrons. The predicted octanol–water partition coefficient (Wildman–Crippen LogP) is 2.96.